The van der Waals surface area contributed by atoms with Crippen molar-refractivity contribution in [1.82, 2.24) is 0 Å². The Morgan fingerprint density at radius 3 is 1.81 bits per heavy atom. The standard InChI is InChI=1S/C16H14N2S3/c1-11-3-5-13(19-11)9-18-16-8-6-14(21-16)10-17-15-7-4-12(2)20-15/h3-10H,1-2H3/b17-10+,18-9+. The summed E-state index contributed by atoms with van der Waals surface area (Å²) in [4.78, 5) is 13.9. The van der Waals surface area contributed by atoms with Crippen LogP contribution >= 0.6 is 34.0 Å². The first-order valence-corrected chi connectivity index (χ1v) is 8.95. The molecule has 106 valence electrons. The molecule has 2 nitrogen and oxygen atoms in total. The van der Waals surface area contributed by atoms with Gasteiger partial charge in [0.2, 0.25) is 0 Å². The number of hydrogen-bond acceptors (Lipinski definition) is 5. The molecule has 5 heteroatoms. The van der Waals surface area contributed by atoms with Gasteiger partial charge in [-0.1, -0.05) is 0 Å². The highest BCUT2D eigenvalue weighted by Crippen LogP contribution is 2.27. The van der Waals surface area contributed by atoms with Crippen LogP contribution in [-0.2, 0) is 0 Å². The Labute approximate surface area is 136 Å². The van der Waals surface area contributed by atoms with Crippen LogP contribution in [0.4, 0.5) is 10.0 Å². The first-order chi connectivity index (χ1) is 10.2. The molecular formula is C16H14N2S3. The largest absolute Gasteiger partial charge is 0.245 e. The molecule has 0 N–H and O–H groups in total. The molecule has 0 saturated carbocycles. The van der Waals surface area contributed by atoms with Gasteiger partial charge in [0.05, 0.1) is 0 Å². The molecule has 0 radical (unpaired) electrons. The van der Waals surface area contributed by atoms with Crippen LogP contribution in [-0.4, -0.2) is 12.4 Å². The summed E-state index contributed by atoms with van der Waals surface area (Å²) in [7, 11) is 0. The zero-order chi connectivity index (χ0) is 14.7. The van der Waals surface area contributed by atoms with E-state index in [0.29, 0.717) is 0 Å². The van der Waals surface area contributed by atoms with Crippen molar-refractivity contribution in [3.05, 3.63) is 55.9 Å². The molecule has 0 unspecified atom stereocenters. The van der Waals surface area contributed by atoms with Crippen molar-refractivity contribution in [2.24, 2.45) is 9.98 Å². The summed E-state index contributed by atoms with van der Waals surface area (Å²) < 4.78 is 0. The molecule has 0 aliphatic carbocycles. The lowest BCUT2D eigenvalue weighted by Gasteiger charge is -1.85. The summed E-state index contributed by atoms with van der Waals surface area (Å²) in [5.74, 6) is 0. The monoisotopic (exact) mass is 330 g/mol. The van der Waals surface area contributed by atoms with E-state index in [-0.39, 0.29) is 0 Å². The van der Waals surface area contributed by atoms with E-state index < -0.39 is 0 Å². The van der Waals surface area contributed by atoms with E-state index >= 15 is 0 Å². The summed E-state index contributed by atoms with van der Waals surface area (Å²) in [5, 5.41) is 2.05. The van der Waals surface area contributed by atoms with Crippen molar-refractivity contribution in [2.75, 3.05) is 0 Å². The maximum atomic E-state index is 4.51. The van der Waals surface area contributed by atoms with Gasteiger partial charge in [-0.2, -0.15) is 0 Å². The van der Waals surface area contributed by atoms with Crippen LogP contribution in [0.3, 0.4) is 0 Å². The molecule has 0 aromatic carbocycles. The summed E-state index contributed by atoms with van der Waals surface area (Å²) in [6, 6.07) is 12.4. The van der Waals surface area contributed by atoms with Crippen LogP contribution in [0.1, 0.15) is 19.5 Å². The average molecular weight is 331 g/mol. The molecule has 0 aliphatic rings. The van der Waals surface area contributed by atoms with Crippen LogP contribution < -0.4 is 0 Å². The normalized spacial score (nSPS) is 11.9. The Morgan fingerprint density at radius 1 is 0.667 bits per heavy atom. The minimum Gasteiger partial charge on any atom is -0.245 e. The van der Waals surface area contributed by atoms with Crippen molar-refractivity contribution >= 4 is 56.4 Å². The average Bonchev–Trinajstić information content (AvgIpc) is 3.16. The fraction of sp³-hybridized carbons (Fsp3) is 0.125. The van der Waals surface area contributed by atoms with Crippen LogP contribution in [0.15, 0.2) is 46.4 Å². The van der Waals surface area contributed by atoms with E-state index in [2.05, 4.69) is 48.1 Å². The van der Waals surface area contributed by atoms with E-state index in [1.165, 1.54) is 14.6 Å². The van der Waals surface area contributed by atoms with E-state index in [1.807, 2.05) is 24.6 Å². The fourth-order valence-corrected chi connectivity index (χ4v) is 3.93. The maximum Gasteiger partial charge on any atom is 0.116 e. The second kappa shape index (κ2) is 6.47. The van der Waals surface area contributed by atoms with Gasteiger partial charge in [-0.15, -0.1) is 34.0 Å². The highest BCUT2D eigenvalue weighted by atomic mass is 32.1. The van der Waals surface area contributed by atoms with E-state index in [0.717, 1.165) is 14.9 Å². The Bertz CT molecular complexity index is 725. The van der Waals surface area contributed by atoms with Crippen molar-refractivity contribution in [1.29, 1.82) is 0 Å². The minimum absolute atomic E-state index is 1.00. The van der Waals surface area contributed by atoms with Crippen molar-refractivity contribution < 1.29 is 0 Å². The van der Waals surface area contributed by atoms with Gasteiger partial charge in [-0.3, -0.25) is 0 Å². The van der Waals surface area contributed by atoms with E-state index in [1.54, 1.807) is 34.0 Å². The lowest BCUT2D eigenvalue weighted by molar-refractivity contribution is 1.62. The quantitative estimate of drug-likeness (QED) is 0.525. The molecule has 0 atom stereocenters. The molecule has 3 aromatic heterocycles. The molecule has 3 heterocycles. The van der Waals surface area contributed by atoms with Gasteiger partial charge in [0.1, 0.15) is 10.0 Å². The number of aryl methyl sites for hydroxylation is 2. The van der Waals surface area contributed by atoms with Gasteiger partial charge in [0.25, 0.3) is 0 Å². The fourth-order valence-electron chi connectivity index (χ4n) is 1.75. The van der Waals surface area contributed by atoms with Crippen LogP contribution in [0.25, 0.3) is 0 Å². The van der Waals surface area contributed by atoms with Gasteiger partial charge in [0, 0.05) is 31.9 Å². The number of aliphatic imine (C=N–C) groups is 2. The lowest BCUT2D eigenvalue weighted by Crippen LogP contribution is -1.68. The molecule has 21 heavy (non-hydrogen) atoms. The number of hydrogen-bond donors (Lipinski definition) is 0. The van der Waals surface area contributed by atoms with Crippen molar-refractivity contribution in [3.63, 3.8) is 0 Å². The second-order valence-corrected chi connectivity index (χ2v) is 8.20. The first-order valence-electron chi connectivity index (χ1n) is 6.50. The molecule has 3 aromatic rings. The Morgan fingerprint density at radius 2 is 1.19 bits per heavy atom. The number of thiophene rings is 3. The molecule has 0 amide bonds. The van der Waals surface area contributed by atoms with Crippen molar-refractivity contribution in [2.45, 2.75) is 13.8 Å². The summed E-state index contributed by atoms with van der Waals surface area (Å²) in [6.45, 7) is 4.20. The van der Waals surface area contributed by atoms with Gasteiger partial charge in [0.15, 0.2) is 0 Å². The predicted octanol–water partition coefficient (Wildman–Crippen LogP) is 5.99. The predicted molar refractivity (Wildman–Crippen MR) is 96.9 cm³/mol. The Hall–Kier alpha value is -1.56. The van der Waals surface area contributed by atoms with Gasteiger partial charge in [-0.25, -0.2) is 9.98 Å². The molecular weight excluding hydrogens is 316 g/mol. The SMILES string of the molecule is Cc1ccc(/C=N/c2ccc(/C=N/c3ccc(C)s3)s2)s1. The Balaban J connectivity index is 1.68. The lowest BCUT2D eigenvalue weighted by atomic mass is 10.4. The van der Waals surface area contributed by atoms with E-state index in [9.17, 15) is 0 Å². The zero-order valence-electron chi connectivity index (χ0n) is 11.7. The summed E-state index contributed by atoms with van der Waals surface area (Å²) in [5.41, 5.74) is 0. The highest BCUT2D eigenvalue weighted by molar-refractivity contribution is 7.17. The highest BCUT2D eigenvalue weighted by Gasteiger charge is 1.98. The molecule has 0 spiro atoms. The van der Waals surface area contributed by atoms with Crippen LogP contribution in [0, 0.1) is 13.8 Å². The van der Waals surface area contributed by atoms with Gasteiger partial charge < -0.3 is 0 Å². The van der Waals surface area contributed by atoms with Crippen LogP contribution in [0.2, 0.25) is 0 Å². The molecule has 0 saturated heterocycles. The summed E-state index contributed by atoms with van der Waals surface area (Å²) in [6.07, 6.45) is 3.83. The van der Waals surface area contributed by atoms with E-state index in [4.69, 9.17) is 0 Å². The smallest absolute Gasteiger partial charge is 0.116 e. The third kappa shape index (κ3) is 3.97. The topological polar surface area (TPSA) is 24.7 Å². The second-order valence-electron chi connectivity index (χ2n) is 4.53. The number of nitrogens with zero attached hydrogens (tertiary/aromatic N) is 2. The third-order valence-electron chi connectivity index (χ3n) is 2.74. The number of rotatable bonds is 4. The summed E-state index contributed by atoms with van der Waals surface area (Å²) >= 11 is 5.10. The maximum absolute atomic E-state index is 4.51. The molecule has 3 rings (SSSR count). The van der Waals surface area contributed by atoms with Gasteiger partial charge >= 0.3 is 0 Å². The molecule has 0 bridgehead atoms. The molecule has 0 aliphatic heterocycles. The minimum atomic E-state index is 1.00. The zero-order valence-corrected chi connectivity index (χ0v) is 14.2. The van der Waals surface area contributed by atoms with Crippen LogP contribution in [0.5, 0.6) is 0 Å². The van der Waals surface area contributed by atoms with Crippen molar-refractivity contribution in [3.8, 4) is 0 Å². The third-order valence-corrected chi connectivity index (χ3v) is 5.51. The van der Waals surface area contributed by atoms with Gasteiger partial charge in [-0.05, 0) is 50.2 Å². The first kappa shape index (κ1) is 14.4. The Kier molecular flexibility index (Phi) is 4.43. The molecule has 0 fully saturated rings.